The van der Waals surface area contributed by atoms with E-state index in [2.05, 4.69) is 17.2 Å². The largest absolute Gasteiger partial charge is 0.336 e. The van der Waals surface area contributed by atoms with Crippen molar-refractivity contribution >= 4 is 40.9 Å². The van der Waals surface area contributed by atoms with Crippen LogP contribution < -0.4 is 5.32 Å². The fourth-order valence-electron chi connectivity index (χ4n) is 2.14. The zero-order chi connectivity index (χ0) is 18.2. The predicted molar refractivity (Wildman–Crippen MR) is 101 cm³/mol. The number of carbonyl (C=O) groups excluding carboxylic acids is 2. The summed E-state index contributed by atoms with van der Waals surface area (Å²) in [6.07, 6.45) is 4.63. The molecule has 2 aromatic rings. The van der Waals surface area contributed by atoms with Crippen LogP contribution in [0.25, 0.3) is 0 Å². The van der Waals surface area contributed by atoms with Crippen molar-refractivity contribution in [3.63, 3.8) is 0 Å². The molecule has 0 atom stereocenters. The Morgan fingerprint density at radius 2 is 2.12 bits per heavy atom. The molecule has 1 N–H and O–H groups in total. The van der Waals surface area contributed by atoms with Gasteiger partial charge in [0.25, 0.3) is 0 Å². The molecule has 0 aliphatic heterocycles. The number of benzene rings is 1. The first-order valence-corrected chi connectivity index (χ1v) is 9.30. The number of nitrogens with one attached hydrogen (secondary N) is 1. The molecule has 0 unspecified atom stereocenters. The Morgan fingerprint density at radius 1 is 1.36 bits per heavy atom. The number of imidazole rings is 1. The van der Waals surface area contributed by atoms with Crippen molar-refractivity contribution < 1.29 is 9.59 Å². The Bertz CT molecular complexity index is 735. The number of thioether (sulfide) groups is 1. The summed E-state index contributed by atoms with van der Waals surface area (Å²) < 4.78 is 2.02. The summed E-state index contributed by atoms with van der Waals surface area (Å²) in [5.41, 5.74) is 0.533. The second-order valence-electron chi connectivity index (χ2n) is 5.47. The van der Waals surface area contributed by atoms with E-state index in [-0.39, 0.29) is 24.1 Å². The number of carbonyl (C=O) groups is 2. The van der Waals surface area contributed by atoms with Gasteiger partial charge in [0.15, 0.2) is 5.16 Å². The van der Waals surface area contributed by atoms with E-state index >= 15 is 0 Å². The lowest BCUT2D eigenvalue weighted by molar-refractivity contribution is -0.131. The molecular formula is C17H21ClN4O2S. The molecule has 2 amide bonds. The van der Waals surface area contributed by atoms with Gasteiger partial charge in [-0.1, -0.05) is 42.4 Å². The van der Waals surface area contributed by atoms with Crippen molar-refractivity contribution in [1.29, 1.82) is 0 Å². The van der Waals surface area contributed by atoms with Gasteiger partial charge in [-0.2, -0.15) is 0 Å². The summed E-state index contributed by atoms with van der Waals surface area (Å²) in [6.45, 7) is 2.92. The minimum atomic E-state index is -0.290. The number of para-hydroxylation sites is 1. The van der Waals surface area contributed by atoms with Gasteiger partial charge < -0.3 is 14.8 Å². The quantitative estimate of drug-likeness (QED) is 0.714. The minimum Gasteiger partial charge on any atom is -0.336 e. The highest BCUT2D eigenvalue weighted by atomic mass is 35.5. The summed E-state index contributed by atoms with van der Waals surface area (Å²) in [4.78, 5) is 29.9. The molecule has 25 heavy (non-hydrogen) atoms. The van der Waals surface area contributed by atoms with Gasteiger partial charge in [0.2, 0.25) is 11.8 Å². The molecule has 1 aromatic carbocycles. The molecule has 0 saturated heterocycles. The zero-order valence-corrected chi connectivity index (χ0v) is 15.8. The van der Waals surface area contributed by atoms with Gasteiger partial charge in [0.1, 0.15) is 0 Å². The smallest absolute Gasteiger partial charge is 0.244 e. The Labute approximate surface area is 156 Å². The minimum absolute atomic E-state index is 0.0337. The van der Waals surface area contributed by atoms with Crippen LogP contribution in [0.1, 0.15) is 13.3 Å². The average Bonchev–Trinajstić information content (AvgIpc) is 3.02. The Balaban J connectivity index is 1.82. The van der Waals surface area contributed by atoms with Gasteiger partial charge in [0, 0.05) is 26.0 Å². The molecule has 0 bridgehead atoms. The van der Waals surface area contributed by atoms with E-state index in [4.69, 9.17) is 11.6 Å². The lowest BCUT2D eigenvalue weighted by Gasteiger charge is -2.17. The maximum Gasteiger partial charge on any atom is 0.244 e. The van der Waals surface area contributed by atoms with E-state index in [1.807, 2.05) is 10.8 Å². The SMILES string of the molecule is CCCn1ccnc1SCC(=O)N(C)CC(=O)Nc1ccccc1Cl. The van der Waals surface area contributed by atoms with Crippen LogP contribution in [0.3, 0.4) is 0 Å². The topological polar surface area (TPSA) is 67.2 Å². The van der Waals surface area contributed by atoms with Crippen LogP contribution in [0.2, 0.25) is 5.02 Å². The lowest BCUT2D eigenvalue weighted by atomic mass is 10.3. The van der Waals surface area contributed by atoms with E-state index in [1.165, 1.54) is 16.7 Å². The van der Waals surface area contributed by atoms with Crippen LogP contribution in [0, 0.1) is 0 Å². The highest BCUT2D eigenvalue weighted by Crippen LogP contribution is 2.20. The summed E-state index contributed by atoms with van der Waals surface area (Å²) in [5, 5.41) is 3.97. The molecule has 1 heterocycles. The standard InChI is InChI=1S/C17H21ClN4O2S/c1-3-9-22-10-8-19-17(22)25-12-16(24)21(2)11-15(23)20-14-7-5-4-6-13(14)18/h4-8,10H,3,9,11-12H2,1-2H3,(H,20,23). The van der Waals surface area contributed by atoms with Crippen LogP contribution >= 0.6 is 23.4 Å². The van der Waals surface area contributed by atoms with E-state index in [9.17, 15) is 9.59 Å². The number of hydrogen-bond acceptors (Lipinski definition) is 4. The van der Waals surface area contributed by atoms with Crippen molar-refractivity contribution in [3.05, 3.63) is 41.7 Å². The number of aromatic nitrogens is 2. The number of aryl methyl sites for hydroxylation is 1. The first kappa shape index (κ1) is 19.3. The van der Waals surface area contributed by atoms with E-state index in [0.717, 1.165) is 18.1 Å². The van der Waals surface area contributed by atoms with Crippen molar-refractivity contribution in [2.24, 2.45) is 0 Å². The van der Waals surface area contributed by atoms with E-state index in [1.54, 1.807) is 37.5 Å². The molecular weight excluding hydrogens is 360 g/mol. The maximum absolute atomic E-state index is 12.2. The van der Waals surface area contributed by atoms with Crippen LogP contribution in [0.5, 0.6) is 0 Å². The molecule has 2 rings (SSSR count). The van der Waals surface area contributed by atoms with Gasteiger partial charge in [-0.05, 0) is 18.6 Å². The highest BCUT2D eigenvalue weighted by Gasteiger charge is 2.15. The third-order valence-corrected chi connectivity index (χ3v) is 4.74. The van der Waals surface area contributed by atoms with Crippen LogP contribution in [-0.4, -0.2) is 45.6 Å². The first-order valence-electron chi connectivity index (χ1n) is 7.93. The highest BCUT2D eigenvalue weighted by molar-refractivity contribution is 7.99. The average molecular weight is 381 g/mol. The fraction of sp³-hybridized carbons (Fsp3) is 0.353. The number of hydrogen-bond donors (Lipinski definition) is 1. The number of rotatable bonds is 8. The molecule has 1 aromatic heterocycles. The van der Waals surface area contributed by atoms with E-state index < -0.39 is 0 Å². The van der Waals surface area contributed by atoms with Crippen molar-refractivity contribution in [2.45, 2.75) is 25.0 Å². The van der Waals surface area contributed by atoms with Gasteiger partial charge in [-0.25, -0.2) is 4.98 Å². The van der Waals surface area contributed by atoms with Gasteiger partial charge >= 0.3 is 0 Å². The number of likely N-dealkylation sites (N-methyl/N-ethyl adjacent to an activating group) is 1. The second kappa shape index (κ2) is 9.48. The third-order valence-electron chi connectivity index (χ3n) is 3.42. The Kier molecular flexibility index (Phi) is 7.33. The number of nitrogens with zero attached hydrogens (tertiary/aromatic N) is 3. The number of amides is 2. The van der Waals surface area contributed by atoms with Gasteiger partial charge in [0.05, 0.1) is 23.0 Å². The third kappa shape index (κ3) is 5.79. The van der Waals surface area contributed by atoms with Crippen molar-refractivity contribution in [2.75, 3.05) is 24.7 Å². The molecule has 0 radical (unpaired) electrons. The molecule has 0 fully saturated rings. The fourth-order valence-corrected chi connectivity index (χ4v) is 3.25. The molecule has 0 spiro atoms. The molecule has 0 aliphatic rings. The van der Waals surface area contributed by atoms with E-state index in [0.29, 0.717) is 10.7 Å². The maximum atomic E-state index is 12.2. The van der Waals surface area contributed by atoms with Crippen LogP contribution in [0.4, 0.5) is 5.69 Å². The molecule has 134 valence electrons. The summed E-state index contributed by atoms with van der Waals surface area (Å²) in [7, 11) is 1.60. The summed E-state index contributed by atoms with van der Waals surface area (Å²) in [5.74, 6) is -0.192. The van der Waals surface area contributed by atoms with Crippen LogP contribution in [-0.2, 0) is 16.1 Å². The zero-order valence-electron chi connectivity index (χ0n) is 14.2. The van der Waals surface area contributed by atoms with Crippen molar-refractivity contribution in [3.8, 4) is 0 Å². The molecule has 6 nitrogen and oxygen atoms in total. The normalized spacial score (nSPS) is 10.5. The summed E-state index contributed by atoms with van der Waals surface area (Å²) >= 11 is 7.38. The predicted octanol–water partition coefficient (Wildman–Crippen LogP) is 3.14. The lowest BCUT2D eigenvalue weighted by Crippen LogP contribution is -2.36. The van der Waals surface area contributed by atoms with Gasteiger partial charge in [-0.3, -0.25) is 9.59 Å². The molecule has 0 aliphatic carbocycles. The number of anilines is 1. The van der Waals surface area contributed by atoms with Gasteiger partial charge in [-0.15, -0.1) is 0 Å². The number of halogens is 1. The Morgan fingerprint density at radius 3 is 2.84 bits per heavy atom. The molecule has 0 saturated carbocycles. The second-order valence-corrected chi connectivity index (χ2v) is 6.82. The first-order chi connectivity index (χ1) is 12.0. The van der Waals surface area contributed by atoms with Crippen molar-refractivity contribution in [1.82, 2.24) is 14.5 Å². The molecule has 8 heteroatoms. The monoisotopic (exact) mass is 380 g/mol. The summed E-state index contributed by atoms with van der Waals surface area (Å²) in [6, 6.07) is 6.98. The van der Waals surface area contributed by atoms with Crippen LogP contribution in [0.15, 0.2) is 41.8 Å². The Hall–Kier alpha value is -1.99.